The predicted octanol–water partition coefficient (Wildman–Crippen LogP) is 2.55. The first kappa shape index (κ1) is 24.3. The summed E-state index contributed by atoms with van der Waals surface area (Å²) in [7, 11) is 0. The third-order valence-electron chi connectivity index (χ3n) is 5.77. The van der Waals surface area contributed by atoms with Crippen LogP contribution in [0.1, 0.15) is 67.2 Å². The number of ether oxygens (including phenoxy) is 1. The number of aromatic nitrogens is 5. The monoisotopic (exact) mass is 481 g/mol. The predicted molar refractivity (Wildman–Crippen MR) is 129 cm³/mol. The number of hydrazone groups is 1. The van der Waals surface area contributed by atoms with Crippen LogP contribution >= 0.6 is 0 Å². The van der Waals surface area contributed by atoms with Crippen molar-refractivity contribution in [3.8, 4) is 11.6 Å². The van der Waals surface area contributed by atoms with Crippen molar-refractivity contribution < 1.29 is 14.2 Å². The van der Waals surface area contributed by atoms with Gasteiger partial charge in [-0.15, -0.1) is 5.10 Å². The van der Waals surface area contributed by atoms with Crippen molar-refractivity contribution >= 4 is 17.9 Å². The van der Waals surface area contributed by atoms with E-state index >= 15 is 0 Å². The number of rotatable bonds is 10. The van der Waals surface area contributed by atoms with Crippen LogP contribution in [0.5, 0.6) is 5.75 Å². The molecule has 1 aliphatic heterocycles. The lowest BCUT2D eigenvalue weighted by molar-refractivity contribution is 0.0947. The van der Waals surface area contributed by atoms with Crippen molar-refractivity contribution in [2.45, 2.75) is 52.0 Å². The fourth-order valence-electron chi connectivity index (χ4n) is 3.84. The van der Waals surface area contributed by atoms with Gasteiger partial charge in [-0.2, -0.15) is 9.78 Å². The second-order valence-electron chi connectivity index (χ2n) is 8.43. The van der Waals surface area contributed by atoms with Gasteiger partial charge in [-0.05, 0) is 72.5 Å². The fraction of sp³-hybridized carbons (Fsp3) is 0.478. The van der Waals surface area contributed by atoms with Gasteiger partial charge in [-0.25, -0.2) is 10.1 Å². The van der Waals surface area contributed by atoms with Crippen LogP contribution in [0.4, 0.5) is 5.82 Å². The first-order valence-electron chi connectivity index (χ1n) is 12.0. The average Bonchev–Trinajstić information content (AvgIpc) is 3.37. The third kappa shape index (κ3) is 6.41. The number of hydrogen-bond acceptors (Lipinski definition) is 10. The highest BCUT2D eigenvalue weighted by Gasteiger charge is 2.25. The van der Waals surface area contributed by atoms with E-state index in [2.05, 4.69) is 43.0 Å². The van der Waals surface area contributed by atoms with Crippen molar-refractivity contribution in [1.82, 2.24) is 35.6 Å². The molecule has 1 saturated heterocycles. The Morgan fingerprint density at radius 3 is 2.66 bits per heavy atom. The summed E-state index contributed by atoms with van der Waals surface area (Å²) in [4.78, 5) is 15.2. The zero-order chi connectivity index (χ0) is 24.5. The number of nitrogens with one attached hydrogen (secondary N) is 1. The number of hydrogen-bond donors (Lipinski definition) is 2. The molecule has 0 radical (unpaired) electrons. The van der Waals surface area contributed by atoms with Crippen molar-refractivity contribution in [3.63, 3.8) is 0 Å². The number of nitrogen functional groups attached to an aromatic ring is 1. The standard InChI is InChI=1S/C23H31N9O3/c1-2-3-14-34-18-10-8-17(9-11-18)15-25-27-23(33)20-19(16-31-12-6-4-5-7-13-31)32(30-26-20)22-21(24)28-35-29-22/h8-11,15H,2-7,12-14,16H2,1H3,(H2,24,28)(H,27,33). The summed E-state index contributed by atoms with van der Waals surface area (Å²) in [6, 6.07) is 7.50. The maximum Gasteiger partial charge on any atom is 0.293 e. The van der Waals surface area contributed by atoms with Gasteiger partial charge in [0, 0.05) is 6.54 Å². The molecule has 3 aromatic rings. The number of likely N-dealkylation sites (tertiary alicyclic amines) is 1. The van der Waals surface area contributed by atoms with Crippen LogP contribution < -0.4 is 15.9 Å². The molecule has 1 aliphatic rings. The lowest BCUT2D eigenvalue weighted by Crippen LogP contribution is -2.28. The van der Waals surface area contributed by atoms with E-state index in [0.717, 1.165) is 50.1 Å². The van der Waals surface area contributed by atoms with Crippen molar-refractivity contribution in [2.24, 2.45) is 5.10 Å². The molecule has 0 atom stereocenters. The molecule has 1 amide bonds. The third-order valence-corrected chi connectivity index (χ3v) is 5.77. The minimum Gasteiger partial charge on any atom is -0.494 e. The van der Waals surface area contributed by atoms with Gasteiger partial charge in [0.05, 0.1) is 18.5 Å². The van der Waals surface area contributed by atoms with Gasteiger partial charge in [0.1, 0.15) is 5.75 Å². The Labute approximate surface area is 203 Å². The van der Waals surface area contributed by atoms with Crippen LogP contribution in [0.3, 0.4) is 0 Å². The highest BCUT2D eigenvalue weighted by Crippen LogP contribution is 2.20. The molecule has 3 heterocycles. The number of nitrogens with zero attached hydrogens (tertiary/aromatic N) is 7. The Bertz CT molecular complexity index is 1120. The molecule has 186 valence electrons. The van der Waals surface area contributed by atoms with E-state index in [1.807, 2.05) is 24.3 Å². The minimum atomic E-state index is -0.480. The lowest BCUT2D eigenvalue weighted by Gasteiger charge is -2.20. The Balaban J connectivity index is 1.46. The van der Waals surface area contributed by atoms with Gasteiger partial charge >= 0.3 is 0 Å². The van der Waals surface area contributed by atoms with Crippen molar-refractivity contribution in [2.75, 3.05) is 25.4 Å². The molecule has 3 N–H and O–H groups in total. The maximum atomic E-state index is 13.0. The second kappa shape index (κ2) is 12.1. The molecule has 0 aliphatic carbocycles. The number of carbonyl (C=O) groups excluding carboxylic acids is 1. The van der Waals surface area contributed by atoms with Crippen LogP contribution in [0.15, 0.2) is 34.0 Å². The van der Waals surface area contributed by atoms with Crippen LogP contribution in [-0.4, -0.2) is 62.0 Å². The van der Waals surface area contributed by atoms with E-state index < -0.39 is 5.91 Å². The molecule has 0 bridgehead atoms. The van der Waals surface area contributed by atoms with Crippen molar-refractivity contribution in [3.05, 3.63) is 41.2 Å². The van der Waals surface area contributed by atoms with Crippen LogP contribution in [0.25, 0.3) is 5.82 Å². The molecular formula is C23H31N9O3. The van der Waals surface area contributed by atoms with Gasteiger partial charge in [0.15, 0.2) is 5.69 Å². The summed E-state index contributed by atoms with van der Waals surface area (Å²) in [6.07, 6.45) is 8.25. The Morgan fingerprint density at radius 2 is 1.97 bits per heavy atom. The van der Waals surface area contributed by atoms with Gasteiger partial charge in [0.2, 0.25) is 11.6 Å². The smallest absolute Gasteiger partial charge is 0.293 e. The summed E-state index contributed by atoms with van der Waals surface area (Å²) in [6.45, 7) is 5.13. The van der Waals surface area contributed by atoms with Crippen LogP contribution in [0, 0.1) is 0 Å². The van der Waals surface area contributed by atoms with E-state index in [4.69, 9.17) is 15.1 Å². The molecule has 0 unspecified atom stereocenters. The Morgan fingerprint density at radius 1 is 1.20 bits per heavy atom. The zero-order valence-corrected chi connectivity index (χ0v) is 19.9. The van der Waals surface area contributed by atoms with E-state index in [0.29, 0.717) is 18.8 Å². The van der Waals surface area contributed by atoms with Crippen molar-refractivity contribution in [1.29, 1.82) is 0 Å². The fourth-order valence-corrected chi connectivity index (χ4v) is 3.84. The maximum absolute atomic E-state index is 13.0. The first-order valence-corrected chi connectivity index (χ1v) is 12.0. The van der Waals surface area contributed by atoms with Gasteiger partial charge in [-0.3, -0.25) is 9.69 Å². The average molecular weight is 482 g/mol. The summed E-state index contributed by atoms with van der Waals surface area (Å²) in [5.41, 5.74) is 9.93. The largest absolute Gasteiger partial charge is 0.494 e. The molecule has 1 fully saturated rings. The highest BCUT2D eigenvalue weighted by molar-refractivity contribution is 5.94. The zero-order valence-electron chi connectivity index (χ0n) is 19.9. The number of carbonyl (C=O) groups is 1. The van der Waals surface area contributed by atoms with Gasteiger partial charge < -0.3 is 10.5 Å². The number of anilines is 1. The molecule has 4 rings (SSSR count). The molecule has 0 saturated carbocycles. The number of benzene rings is 1. The number of amides is 1. The van der Waals surface area contributed by atoms with E-state index in [1.165, 1.54) is 17.5 Å². The van der Waals surface area contributed by atoms with Crippen LogP contribution in [0.2, 0.25) is 0 Å². The second-order valence-corrected chi connectivity index (χ2v) is 8.43. The molecule has 12 nitrogen and oxygen atoms in total. The molecule has 12 heteroatoms. The topological polar surface area (TPSA) is 150 Å². The van der Waals surface area contributed by atoms with Gasteiger partial charge in [0.25, 0.3) is 5.91 Å². The SMILES string of the molecule is CCCCOc1ccc(C=NNC(=O)c2nnn(-c3nonc3N)c2CN2CCCCCC2)cc1. The summed E-state index contributed by atoms with van der Waals surface area (Å²) in [5.74, 6) is 0.591. The van der Waals surface area contributed by atoms with Crippen LogP contribution in [-0.2, 0) is 6.54 Å². The van der Waals surface area contributed by atoms with E-state index in [-0.39, 0.29) is 17.3 Å². The number of nitrogens with two attached hydrogens (primary N) is 1. The lowest BCUT2D eigenvalue weighted by atomic mass is 10.2. The molecule has 1 aromatic carbocycles. The summed E-state index contributed by atoms with van der Waals surface area (Å²) in [5, 5.41) is 19.7. The first-order chi connectivity index (χ1) is 17.2. The van der Waals surface area contributed by atoms with Gasteiger partial charge in [-0.1, -0.05) is 31.4 Å². The number of unbranched alkanes of at least 4 members (excludes halogenated alkanes) is 1. The quantitative estimate of drug-likeness (QED) is 0.253. The highest BCUT2D eigenvalue weighted by atomic mass is 16.6. The molecule has 35 heavy (non-hydrogen) atoms. The van der Waals surface area contributed by atoms with E-state index in [1.54, 1.807) is 6.21 Å². The summed E-state index contributed by atoms with van der Waals surface area (Å²) >= 11 is 0. The molecular weight excluding hydrogens is 450 g/mol. The van der Waals surface area contributed by atoms with E-state index in [9.17, 15) is 4.79 Å². The molecule has 2 aromatic heterocycles. The Kier molecular flexibility index (Phi) is 8.39. The normalized spacial score (nSPS) is 14.8. The Hall–Kier alpha value is -3.80. The summed E-state index contributed by atoms with van der Waals surface area (Å²) < 4.78 is 11.8. The molecule has 0 spiro atoms. The minimum absolute atomic E-state index is 0.0686.